The van der Waals surface area contributed by atoms with Gasteiger partial charge in [-0.05, 0) is 30.3 Å². The average Bonchev–Trinajstić information content (AvgIpc) is 3.00. The number of carbonyl (C=O) groups excluding carboxylic acids is 1. The molecule has 1 aromatic heterocycles. The third kappa shape index (κ3) is 4.06. The lowest BCUT2D eigenvalue weighted by Gasteiger charge is -2.06. The van der Waals surface area contributed by atoms with Crippen LogP contribution in [0.15, 0.2) is 48.7 Å². The molecule has 1 amide bonds. The fourth-order valence-corrected chi connectivity index (χ4v) is 2.47. The molecule has 1 heterocycles. The summed E-state index contributed by atoms with van der Waals surface area (Å²) in [6.45, 7) is 0.0286. The molecule has 0 spiro atoms. The van der Waals surface area contributed by atoms with Gasteiger partial charge in [-0.3, -0.25) is 4.79 Å². The zero-order valence-corrected chi connectivity index (χ0v) is 14.5. The van der Waals surface area contributed by atoms with Gasteiger partial charge in [-0.25, -0.2) is 4.68 Å². The van der Waals surface area contributed by atoms with Gasteiger partial charge < -0.3 is 5.32 Å². The molecule has 3 rings (SSSR count). The highest BCUT2D eigenvalue weighted by Gasteiger charge is 2.09. The molecule has 1 N–H and O–H groups in total. The van der Waals surface area contributed by atoms with Crippen LogP contribution in [0.4, 0.5) is 5.69 Å². The Hall–Kier alpha value is -2.08. The van der Waals surface area contributed by atoms with E-state index in [-0.39, 0.29) is 12.5 Å². The van der Waals surface area contributed by atoms with Gasteiger partial charge in [0.15, 0.2) is 0 Å². The van der Waals surface area contributed by atoms with E-state index in [0.29, 0.717) is 26.4 Å². The molecule has 3 aromatic rings. The quantitative estimate of drug-likeness (QED) is 0.721. The summed E-state index contributed by atoms with van der Waals surface area (Å²) < 4.78 is 1.46. The minimum Gasteiger partial charge on any atom is -0.324 e. The zero-order chi connectivity index (χ0) is 17.1. The lowest BCUT2D eigenvalue weighted by atomic mass is 10.2. The second-order valence-electron chi connectivity index (χ2n) is 4.99. The van der Waals surface area contributed by atoms with Crippen LogP contribution in [0, 0.1) is 0 Å². The largest absolute Gasteiger partial charge is 0.324 e. The van der Waals surface area contributed by atoms with Crippen molar-refractivity contribution in [3.05, 3.63) is 63.7 Å². The summed E-state index contributed by atoms with van der Waals surface area (Å²) in [5, 5.41) is 12.2. The van der Waals surface area contributed by atoms with Crippen molar-refractivity contribution in [1.82, 2.24) is 15.0 Å². The van der Waals surface area contributed by atoms with E-state index in [1.165, 1.54) is 4.68 Å². The number of nitrogens with one attached hydrogen (secondary N) is 1. The first-order valence-corrected chi connectivity index (χ1v) is 8.05. The van der Waals surface area contributed by atoms with Crippen LogP contribution in [-0.4, -0.2) is 20.9 Å². The summed E-state index contributed by atoms with van der Waals surface area (Å²) in [7, 11) is 0. The number of nitrogens with zero attached hydrogens (tertiary/aromatic N) is 3. The summed E-state index contributed by atoms with van der Waals surface area (Å²) in [5.41, 5.74) is 2.09. The molecule has 0 radical (unpaired) electrons. The maximum atomic E-state index is 12.1. The van der Waals surface area contributed by atoms with Gasteiger partial charge in [-0.15, -0.1) is 5.10 Å². The number of rotatable bonds is 4. The van der Waals surface area contributed by atoms with Crippen molar-refractivity contribution in [2.24, 2.45) is 0 Å². The molecule has 0 saturated heterocycles. The monoisotopic (exact) mass is 380 g/mol. The Morgan fingerprint density at radius 2 is 1.79 bits per heavy atom. The Balaban J connectivity index is 1.66. The van der Waals surface area contributed by atoms with E-state index in [0.717, 1.165) is 5.56 Å². The van der Waals surface area contributed by atoms with Gasteiger partial charge in [0.1, 0.15) is 12.2 Å². The molecular weight excluding hydrogens is 371 g/mol. The van der Waals surface area contributed by atoms with E-state index in [2.05, 4.69) is 15.6 Å². The van der Waals surface area contributed by atoms with Crippen molar-refractivity contribution in [1.29, 1.82) is 0 Å². The van der Waals surface area contributed by atoms with Crippen LogP contribution in [0.25, 0.3) is 11.3 Å². The first-order valence-electron chi connectivity index (χ1n) is 6.92. The van der Waals surface area contributed by atoms with Crippen LogP contribution in [0.5, 0.6) is 0 Å². The van der Waals surface area contributed by atoms with Crippen molar-refractivity contribution in [2.75, 3.05) is 5.32 Å². The van der Waals surface area contributed by atoms with Gasteiger partial charge >= 0.3 is 0 Å². The van der Waals surface area contributed by atoms with Gasteiger partial charge in [0.05, 0.1) is 16.2 Å². The Morgan fingerprint density at radius 1 is 1.04 bits per heavy atom. The Bertz CT molecular complexity index is 877. The van der Waals surface area contributed by atoms with Crippen LogP contribution in [0.2, 0.25) is 15.1 Å². The molecule has 122 valence electrons. The molecule has 24 heavy (non-hydrogen) atoms. The van der Waals surface area contributed by atoms with Crippen molar-refractivity contribution in [2.45, 2.75) is 6.54 Å². The highest BCUT2D eigenvalue weighted by molar-refractivity contribution is 6.42. The van der Waals surface area contributed by atoms with Crippen LogP contribution in [0.1, 0.15) is 0 Å². The van der Waals surface area contributed by atoms with Crippen molar-refractivity contribution < 1.29 is 4.79 Å². The Labute approximate surface area is 153 Å². The first-order chi connectivity index (χ1) is 11.5. The fourth-order valence-electron chi connectivity index (χ4n) is 2.05. The van der Waals surface area contributed by atoms with Crippen LogP contribution in [0.3, 0.4) is 0 Å². The molecular formula is C16H11Cl3N4O. The summed E-state index contributed by atoms with van der Waals surface area (Å²) in [5.74, 6) is -0.249. The smallest absolute Gasteiger partial charge is 0.246 e. The molecule has 0 saturated carbocycles. The fraction of sp³-hybridized carbons (Fsp3) is 0.0625. The molecule has 8 heteroatoms. The SMILES string of the molecule is O=C(Cn1cc(-c2ccc(Cl)cc2)nn1)Nc1ccc(Cl)c(Cl)c1. The minimum atomic E-state index is -0.249. The lowest BCUT2D eigenvalue weighted by Crippen LogP contribution is -2.19. The summed E-state index contributed by atoms with van der Waals surface area (Å²) in [6, 6.07) is 12.1. The van der Waals surface area contributed by atoms with E-state index in [1.54, 1.807) is 36.5 Å². The molecule has 0 aliphatic carbocycles. The predicted molar refractivity (Wildman–Crippen MR) is 95.6 cm³/mol. The van der Waals surface area contributed by atoms with Crippen LogP contribution < -0.4 is 5.32 Å². The normalized spacial score (nSPS) is 10.6. The number of hydrogen-bond donors (Lipinski definition) is 1. The van der Waals surface area contributed by atoms with Gasteiger partial charge in [-0.2, -0.15) is 0 Å². The van der Waals surface area contributed by atoms with E-state index in [9.17, 15) is 4.79 Å². The predicted octanol–water partition coefficient (Wildman–Crippen LogP) is 4.54. The van der Waals surface area contributed by atoms with E-state index in [1.807, 2.05) is 12.1 Å². The highest BCUT2D eigenvalue weighted by Crippen LogP contribution is 2.25. The van der Waals surface area contributed by atoms with Crippen molar-refractivity contribution in [3.63, 3.8) is 0 Å². The minimum absolute atomic E-state index is 0.0286. The molecule has 0 bridgehead atoms. The molecule has 5 nitrogen and oxygen atoms in total. The zero-order valence-electron chi connectivity index (χ0n) is 12.2. The van der Waals surface area contributed by atoms with E-state index >= 15 is 0 Å². The molecule has 0 atom stereocenters. The number of amides is 1. The summed E-state index contributed by atoms with van der Waals surface area (Å²) >= 11 is 17.6. The molecule has 0 aliphatic rings. The first kappa shape index (κ1) is 16.8. The molecule has 0 unspecified atom stereocenters. The summed E-state index contributed by atoms with van der Waals surface area (Å²) in [4.78, 5) is 12.1. The number of halogens is 3. The van der Waals surface area contributed by atoms with Crippen LogP contribution in [-0.2, 0) is 11.3 Å². The topological polar surface area (TPSA) is 59.8 Å². The second kappa shape index (κ2) is 7.21. The third-order valence-corrected chi connectivity index (χ3v) is 4.18. The standard InChI is InChI=1S/C16H11Cl3N4O/c17-11-3-1-10(2-4-11)15-8-23(22-21-15)9-16(24)20-12-5-6-13(18)14(19)7-12/h1-8H,9H2,(H,20,24). The van der Waals surface area contributed by atoms with E-state index < -0.39 is 0 Å². The maximum Gasteiger partial charge on any atom is 0.246 e. The number of anilines is 1. The maximum absolute atomic E-state index is 12.1. The lowest BCUT2D eigenvalue weighted by molar-refractivity contribution is -0.116. The van der Waals surface area contributed by atoms with Gasteiger partial charge in [0.2, 0.25) is 5.91 Å². The van der Waals surface area contributed by atoms with Gasteiger partial charge in [-0.1, -0.05) is 52.1 Å². The molecule has 0 fully saturated rings. The second-order valence-corrected chi connectivity index (χ2v) is 6.24. The molecule has 2 aromatic carbocycles. The number of hydrogen-bond acceptors (Lipinski definition) is 3. The number of carbonyl (C=O) groups is 1. The number of aromatic nitrogens is 3. The number of benzene rings is 2. The third-order valence-electron chi connectivity index (χ3n) is 3.19. The van der Waals surface area contributed by atoms with Gasteiger partial charge in [0, 0.05) is 16.3 Å². The van der Waals surface area contributed by atoms with E-state index in [4.69, 9.17) is 34.8 Å². The average molecular weight is 382 g/mol. The Morgan fingerprint density at radius 3 is 2.50 bits per heavy atom. The summed E-state index contributed by atoms with van der Waals surface area (Å²) in [6.07, 6.45) is 1.69. The van der Waals surface area contributed by atoms with Gasteiger partial charge in [0.25, 0.3) is 0 Å². The van der Waals surface area contributed by atoms with Crippen molar-refractivity contribution in [3.8, 4) is 11.3 Å². The van der Waals surface area contributed by atoms with Crippen LogP contribution >= 0.6 is 34.8 Å². The Kier molecular flexibility index (Phi) is 5.04. The highest BCUT2D eigenvalue weighted by atomic mass is 35.5. The van der Waals surface area contributed by atoms with Crippen molar-refractivity contribution >= 4 is 46.4 Å². The molecule has 0 aliphatic heterocycles.